The average molecular weight is 581 g/mol. The Morgan fingerprint density at radius 2 is 1.12 bits per heavy atom. The van der Waals surface area contributed by atoms with Gasteiger partial charge < -0.3 is 5.73 Å². The summed E-state index contributed by atoms with van der Waals surface area (Å²) in [6.07, 6.45) is 2.42. The van der Waals surface area contributed by atoms with Gasteiger partial charge in [-0.3, -0.25) is 0 Å². The highest BCUT2D eigenvalue weighted by Gasteiger charge is 2.14. The van der Waals surface area contributed by atoms with Crippen LogP contribution in [-0.4, -0.2) is 34.3 Å². The van der Waals surface area contributed by atoms with Crippen molar-refractivity contribution in [3.05, 3.63) is 121 Å². The number of rotatable bonds is 4. The zero-order valence-electron chi connectivity index (χ0n) is 22.5. The average Bonchev–Trinajstić information content (AvgIpc) is 2.97. The largest absolute Gasteiger partial charge is 0.398 e. The lowest BCUT2D eigenvalue weighted by Crippen LogP contribution is -1.98. The van der Waals surface area contributed by atoms with Gasteiger partial charge >= 0.3 is 0 Å². The summed E-state index contributed by atoms with van der Waals surface area (Å²) in [6.45, 7) is 0. The molecule has 0 aliphatic carbocycles. The van der Waals surface area contributed by atoms with E-state index in [4.69, 9.17) is 10.7 Å². The summed E-state index contributed by atoms with van der Waals surface area (Å²) in [5.41, 5.74) is 11.0. The fourth-order valence-electron chi connectivity index (χ4n) is 4.62. The fraction of sp³-hybridized carbons (Fsp3) is 0.0606. The summed E-state index contributed by atoms with van der Waals surface area (Å²) < 4.78 is 46.6. The minimum absolute atomic E-state index is 0.310. The molecular weight excluding hydrogens is 553 g/mol. The van der Waals surface area contributed by atoms with Crippen molar-refractivity contribution in [1.29, 1.82) is 0 Å². The molecule has 6 nitrogen and oxygen atoms in total. The van der Waals surface area contributed by atoms with Crippen molar-refractivity contribution in [2.75, 3.05) is 18.2 Å². The number of nitrogens with two attached hydrogens (primary N) is 1. The number of para-hydroxylation sites is 2. The van der Waals surface area contributed by atoms with Crippen LogP contribution in [-0.2, 0) is 19.7 Å². The summed E-state index contributed by atoms with van der Waals surface area (Å²) in [4.78, 5) is 5.43. The molecule has 0 saturated heterocycles. The lowest BCUT2D eigenvalue weighted by molar-refractivity contribution is 0.600. The lowest BCUT2D eigenvalue weighted by atomic mass is 10.00. The van der Waals surface area contributed by atoms with Crippen LogP contribution >= 0.6 is 0 Å². The first-order valence-corrected chi connectivity index (χ1v) is 16.5. The standard InChI is InChI=1S/C20H15NO2S.C13H13NO2S/c1-24(22,23)15-11-12-16-17-9-5-6-10-19(17)21-20(18(16)13-15)14-7-3-2-4-8-14;1-17(15,16)11-8-6-10(7-9-11)12-4-2-3-5-13(12)14/h2-13H,1H3;2-9H,14H2,1H3. The Labute approximate surface area is 240 Å². The minimum atomic E-state index is -3.27. The highest BCUT2D eigenvalue weighted by Crippen LogP contribution is 2.33. The molecule has 5 aromatic carbocycles. The molecule has 0 bridgehead atoms. The van der Waals surface area contributed by atoms with Gasteiger partial charge in [0.1, 0.15) is 0 Å². The van der Waals surface area contributed by atoms with Gasteiger partial charge in [0.25, 0.3) is 0 Å². The van der Waals surface area contributed by atoms with Gasteiger partial charge in [0.05, 0.1) is 21.0 Å². The molecule has 41 heavy (non-hydrogen) atoms. The van der Waals surface area contributed by atoms with E-state index in [0.717, 1.165) is 44.1 Å². The van der Waals surface area contributed by atoms with Crippen LogP contribution in [0.2, 0.25) is 0 Å². The molecule has 206 valence electrons. The highest BCUT2D eigenvalue weighted by molar-refractivity contribution is 7.91. The molecule has 0 saturated carbocycles. The fourth-order valence-corrected chi connectivity index (χ4v) is 5.90. The molecule has 0 radical (unpaired) electrons. The molecule has 8 heteroatoms. The predicted octanol–water partition coefficient (Wildman–Crippen LogP) is 6.80. The molecule has 1 aromatic heterocycles. The number of nitrogen functional groups attached to an aromatic ring is 1. The highest BCUT2D eigenvalue weighted by atomic mass is 32.2. The first-order valence-electron chi connectivity index (χ1n) is 12.8. The van der Waals surface area contributed by atoms with Gasteiger partial charge in [-0.1, -0.05) is 84.9 Å². The summed E-state index contributed by atoms with van der Waals surface area (Å²) in [5.74, 6) is 0. The van der Waals surface area contributed by atoms with E-state index in [1.807, 2.05) is 84.9 Å². The van der Waals surface area contributed by atoms with E-state index in [-0.39, 0.29) is 0 Å². The van der Waals surface area contributed by atoms with Crippen LogP contribution in [0.5, 0.6) is 0 Å². The van der Waals surface area contributed by atoms with E-state index >= 15 is 0 Å². The van der Waals surface area contributed by atoms with E-state index in [1.165, 1.54) is 12.5 Å². The van der Waals surface area contributed by atoms with E-state index in [2.05, 4.69) is 0 Å². The second-order valence-electron chi connectivity index (χ2n) is 9.71. The van der Waals surface area contributed by atoms with E-state index in [0.29, 0.717) is 15.5 Å². The van der Waals surface area contributed by atoms with Crippen LogP contribution in [0.4, 0.5) is 5.69 Å². The number of nitrogens with zero attached hydrogens (tertiary/aromatic N) is 1. The third-order valence-corrected chi connectivity index (χ3v) is 8.94. The molecule has 0 atom stereocenters. The maximum atomic E-state index is 12.0. The first-order chi connectivity index (χ1) is 19.5. The number of anilines is 1. The van der Waals surface area contributed by atoms with Crippen molar-refractivity contribution < 1.29 is 16.8 Å². The van der Waals surface area contributed by atoms with Crippen molar-refractivity contribution in [2.24, 2.45) is 0 Å². The monoisotopic (exact) mass is 580 g/mol. The van der Waals surface area contributed by atoms with Crippen molar-refractivity contribution >= 4 is 47.0 Å². The quantitative estimate of drug-likeness (QED) is 0.182. The van der Waals surface area contributed by atoms with E-state index in [1.54, 1.807) is 36.4 Å². The van der Waals surface area contributed by atoms with Gasteiger partial charge in [-0.05, 0) is 47.3 Å². The van der Waals surface area contributed by atoms with E-state index < -0.39 is 19.7 Å². The Hall–Kier alpha value is -4.53. The normalized spacial score (nSPS) is 11.7. The second kappa shape index (κ2) is 11.2. The molecule has 0 fully saturated rings. The molecule has 0 aliphatic heterocycles. The molecule has 6 rings (SSSR count). The summed E-state index contributed by atoms with van der Waals surface area (Å²) in [6, 6.07) is 37.2. The third kappa shape index (κ3) is 6.14. The van der Waals surface area contributed by atoms with Crippen LogP contribution in [0.25, 0.3) is 44.1 Å². The topological polar surface area (TPSA) is 107 Å². The Balaban J connectivity index is 0.000000175. The molecular formula is C33H28N2O4S2. The van der Waals surface area contributed by atoms with E-state index in [9.17, 15) is 16.8 Å². The molecule has 0 aliphatic rings. The number of hydrogen-bond acceptors (Lipinski definition) is 6. The van der Waals surface area contributed by atoms with Crippen LogP contribution in [0.15, 0.2) is 131 Å². The zero-order chi connectivity index (χ0) is 29.2. The van der Waals surface area contributed by atoms with Crippen LogP contribution in [0, 0.1) is 0 Å². The molecule has 2 N–H and O–H groups in total. The predicted molar refractivity (Wildman–Crippen MR) is 167 cm³/mol. The minimum Gasteiger partial charge on any atom is -0.398 e. The van der Waals surface area contributed by atoms with Crippen molar-refractivity contribution in [3.63, 3.8) is 0 Å². The van der Waals surface area contributed by atoms with Crippen LogP contribution in [0.3, 0.4) is 0 Å². The number of aromatic nitrogens is 1. The smallest absolute Gasteiger partial charge is 0.175 e. The maximum absolute atomic E-state index is 12.0. The summed E-state index contributed by atoms with van der Waals surface area (Å²) in [5, 5.41) is 2.88. The van der Waals surface area contributed by atoms with Crippen molar-refractivity contribution in [1.82, 2.24) is 4.98 Å². The van der Waals surface area contributed by atoms with Gasteiger partial charge in [0, 0.05) is 40.1 Å². The van der Waals surface area contributed by atoms with Crippen molar-refractivity contribution in [3.8, 4) is 22.4 Å². The summed E-state index contributed by atoms with van der Waals surface area (Å²) >= 11 is 0. The first kappa shape index (κ1) is 28.0. The molecule has 0 amide bonds. The van der Waals surface area contributed by atoms with Crippen molar-refractivity contribution in [2.45, 2.75) is 9.79 Å². The Kier molecular flexibility index (Phi) is 7.62. The Morgan fingerprint density at radius 1 is 0.537 bits per heavy atom. The molecule has 1 heterocycles. The SMILES string of the molecule is CS(=O)(=O)c1ccc(-c2ccccc2N)cc1.CS(=O)(=O)c1ccc2c(c1)c(-c1ccccc1)nc1ccccc12. The van der Waals surface area contributed by atoms with Gasteiger partial charge in [-0.2, -0.15) is 0 Å². The number of hydrogen-bond donors (Lipinski definition) is 1. The maximum Gasteiger partial charge on any atom is 0.175 e. The summed E-state index contributed by atoms with van der Waals surface area (Å²) in [7, 11) is -6.42. The Bertz CT molecular complexity index is 2090. The lowest BCUT2D eigenvalue weighted by Gasteiger charge is -2.11. The third-order valence-electron chi connectivity index (χ3n) is 6.70. The number of benzene rings is 5. The molecule has 0 unspecified atom stereocenters. The number of fused-ring (bicyclic) bond motifs is 3. The van der Waals surface area contributed by atoms with Gasteiger partial charge in [0.2, 0.25) is 0 Å². The van der Waals surface area contributed by atoms with Gasteiger partial charge in [-0.15, -0.1) is 0 Å². The second-order valence-corrected chi connectivity index (χ2v) is 13.7. The molecule has 6 aromatic rings. The van der Waals surface area contributed by atoms with Gasteiger partial charge in [-0.25, -0.2) is 21.8 Å². The van der Waals surface area contributed by atoms with Crippen LogP contribution in [0.1, 0.15) is 0 Å². The zero-order valence-corrected chi connectivity index (χ0v) is 24.2. The number of pyridine rings is 1. The van der Waals surface area contributed by atoms with Crippen LogP contribution < -0.4 is 5.73 Å². The van der Waals surface area contributed by atoms with Gasteiger partial charge in [0.15, 0.2) is 19.7 Å². The Morgan fingerprint density at radius 3 is 1.78 bits per heavy atom. The number of sulfone groups is 2. The molecule has 0 spiro atoms.